The van der Waals surface area contributed by atoms with Crippen molar-refractivity contribution in [3.05, 3.63) is 101 Å². The molecule has 8 nitrogen and oxygen atoms in total. The van der Waals surface area contributed by atoms with Crippen molar-refractivity contribution in [3.63, 3.8) is 0 Å². The Balaban J connectivity index is 1.40. The lowest BCUT2D eigenvalue weighted by Crippen LogP contribution is -2.55. The number of carbonyl (C=O) groups is 1. The number of halogens is 1. The van der Waals surface area contributed by atoms with Crippen LogP contribution in [-0.2, 0) is 27.7 Å². The normalized spacial score (nSPS) is 17.2. The average molecular weight is 669 g/mol. The van der Waals surface area contributed by atoms with E-state index in [1.54, 1.807) is 12.1 Å². The molecule has 3 aromatic rings. The molecule has 1 aliphatic heterocycles. The number of amides is 1. The molecule has 47 heavy (non-hydrogen) atoms. The second kappa shape index (κ2) is 17.8. The Bertz CT molecular complexity index is 1500. The van der Waals surface area contributed by atoms with Crippen LogP contribution in [0.2, 0.25) is 0 Å². The van der Waals surface area contributed by atoms with Gasteiger partial charge in [-0.25, -0.2) is 17.5 Å². The standard InChI is InChI=1S/C37H49FN2O6S/c1-47(45,46)39-24-5-3-2-4-7-27-12-20-33(21-13-27)40-36(31-14-10-28(11-15-31)8-6-9-29(25-41)26-42)34(37(40)44)22-23-35(43)30-16-18-32(38)19-17-30/h10-21,29,34-36,39,41-43H,2-9,22-26H2,1H3/t34-,35+,36-/m1/s1. The van der Waals surface area contributed by atoms with Gasteiger partial charge in [0.05, 0.1) is 24.3 Å². The molecule has 3 aromatic carbocycles. The number of hydrogen-bond donors (Lipinski definition) is 4. The number of unbranched alkanes of at least 4 members (excludes halogenated alkanes) is 3. The lowest BCUT2D eigenvalue weighted by atomic mass is 9.78. The van der Waals surface area contributed by atoms with Gasteiger partial charge in [-0.3, -0.25) is 4.79 Å². The van der Waals surface area contributed by atoms with Crippen molar-refractivity contribution in [2.75, 3.05) is 30.9 Å². The first-order valence-electron chi connectivity index (χ1n) is 16.7. The largest absolute Gasteiger partial charge is 0.396 e. The molecule has 4 N–H and O–H groups in total. The van der Waals surface area contributed by atoms with Crippen LogP contribution >= 0.6 is 0 Å². The molecular formula is C37H49FN2O6S. The van der Waals surface area contributed by atoms with Crippen LogP contribution in [0.5, 0.6) is 0 Å². The van der Waals surface area contributed by atoms with Crippen LogP contribution in [0.3, 0.4) is 0 Å². The maximum atomic E-state index is 13.6. The van der Waals surface area contributed by atoms with Gasteiger partial charge in [-0.05, 0) is 97.9 Å². The van der Waals surface area contributed by atoms with E-state index < -0.39 is 16.1 Å². The number of aryl methyl sites for hydroxylation is 2. The molecule has 0 unspecified atom stereocenters. The summed E-state index contributed by atoms with van der Waals surface area (Å²) in [6, 6.07) is 22.0. The predicted octanol–water partition coefficient (Wildman–Crippen LogP) is 5.62. The summed E-state index contributed by atoms with van der Waals surface area (Å²) in [5, 5.41) is 29.5. The first-order valence-corrected chi connectivity index (χ1v) is 18.6. The summed E-state index contributed by atoms with van der Waals surface area (Å²) in [6.07, 6.45) is 8.34. The van der Waals surface area contributed by atoms with Gasteiger partial charge in [0.1, 0.15) is 5.82 Å². The van der Waals surface area contributed by atoms with E-state index in [1.165, 1.54) is 24.0 Å². The zero-order valence-electron chi connectivity index (χ0n) is 27.2. The number of benzene rings is 3. The molecule has 4 rings (SSSR count). The van der Waals surface area contributed by atoms with Crippen molar-refractivity contribution in [1.29, 1.82) is 0 Å². The lowest BCUT2D eigenvalue weighted by Gasteiger charge is -2.48. The minimum absolute atomic E-state index is 0.0138. The molecule has 0 aromatic heterocycles. The number of β-lactam (4-membered cyclic amide) rings is 1. The zero-order chi connectivity index (χ0) is 33.8. The van der Waals surface area contributed by atoms with Gasteiger partial charge in [-0.15, -0.1) is 0 Å². The van der Waals surface area contributed by atoms with Crippen molar-refractivity contribution in [2.24, 2.45) is 11.8 Å². The highest BCUT2D eigenvalue weighted by atomic mass is 32.2. The molecule has 0 saturated carbocycles. The minimum atomic E-state index is -3.14. The van der Waals surface area contributed by atoms with Crippen LogP contribution in [0, 0.1) is 17.7 Å². The summed E-state index contributed by atoms with van der Waals surface area (Å²) in [5.41, 5.74) is 4.81. The summed E-state index contributed by atoms with van der Waals surface area (Å²) in [5.74, 6) is -0.749. The van der Waals surface area contributed by atoms with E-state index in [4.69, 9.17) is 0 Å². The van der Waals surface area contributed by atoms with Gasteiger partial charge < -0.3 is 20.2 Å². The zero-order valence-corrected chi connectivity index (χ0v) is 28.0. The van der Waals surface area contributed by atoms with E-state index in [9.17, 15) is 32.9 Å². The summed E-state index contributed by atoms with van der Waals surface area (Å²) in [7, 11) is -3.14. The molecule has 0 aliphatic carbocycles. The molecule has 1 amide bonds. The number of aliphatic hydroxyl groups is 3. The topological polar surface area (TPSA) is 127 Å². The summed E-state index contributed by atoms with van der Waals surface area (Å²) < 4.78 is 38.3. The van der Waals surface area contributed by atoms with Crippen molar-refractivity contribution < 1.29 is 32.9 Å². The van der Waals surface area contributed by atoms with E-state index in [0.29, 0.717) is 24.9 Å². The van der Waals surface area contributed by atoms with Crippen LogP contribution in [0.15, 0.2) is 72.8 Å². The second-order valence-electron chi connectivity index (χ2n) is 12.8. The summed E-state index contributed by atoms with van der Waals surface area (Å²) in [4.78, 5) is 15.5. The molecule has 3 atom stereocenters. The maximum absolute atomic E-state index is 13.6. The molecule has 0 bridgehead atoms. The van der Waals surface area contributed by atoms with Gasteiger partial charge in [0.2, 0.25) is 15.9 Å². The van der Waals surface area contributed by atoms with Gasteiger partial charge in [0.15, 0.2) is 0 Å². The number of aliphatic hydroxyl groups excluding tert-OH is 3. The molecule has 0 radical (unpaired) electrons. The number of nitrogens with zero attached hydrogens (tertiary/aromatic N) is 1. The molecule has 256 valence electrons. The minimum Gasteiger partial charge on any atom is -0.396 e. The van der Waals surface area contributed by atoms with Crippen molar-refractivity contribution >= 4 is 21.6 Å². The van der Waals surface area contributed by atoms with E-state index >= 15 is 0 Å². The number of nitrogens with one attached hydrogen (secondary N) is 1. The van der Waals surface area contributed by atoms with E-state index in [1.807, 2.05) is 17.0 Å². The van der Waals surface area contributed by atoms with E-state index in [2.05, 4.69) is 41.1 Å². The van der Waals surface area contributed by atoms with Gasteiger partial charge in [-0.2, -0.15) is 0 Å². The molecule has 1 aliphatic rings. The number of anilines is 1. The molecule has 1 fully saturated rings. The number of carbonyl (C=O) groups excluding carboxylic acids is 1. The second-order valence-corrected chi connectivity index (χ2v) is 14.6. The van der Waals surface area contributed by atoms with Crippen molar-refractivity contribution in [1.82, 2.24) is 4.72 Å². The first-order chi connectivity index (χ1) is 22.6. The van der Waals surface area contributed by atoms with Crippen LogP contribution in [0.25, 0.3) is 0 Å². The van der Waals surface area contributed by atoms with Crippen molar-refractivity contribution in [3.8, 4) is 0 Å². The molecule has 1 heterocycles. The fourth-order valence-electron chi connectivity index (χ4n) is 6.29. The maximum Gasteiger partial charge on any atom is 0.233 e. The highest BCUT2D eigenvalue weighted by molar-refractivity contribution is 7.88. The lowest BCUT2D eigenvalue weighted by molar-refractivity contribution is -0.131. The van der Waals surface area contributed by atoms with E-state index in [0.717, 1.165) is 68.2 Å². The summed E-state index contributed by atoms with van der Waals surface area (Å²) in [6.45, 7) is 0.418. The number of rotatable bonds is 20. The SMILES string of the molecule is CS(=O)(=O)NCCCCCCc1ccc(N2C(=O)[C@H](CC[C@H](O)c3ccc(F)cc3)[C@H]2c2ccc(CCCC(CO)CO)cc2)cc1. The van der Waals surface area contributed by atoms with Gasteiger partial charge >= 0.3 is 0 Å². The quantitative estimate of drug-likeness (QED) is 0.0915. The predicted molar refractivity (Wildman–Crippen MR) is 183 cm³/mol. The average Bonchev–Trinajstić information content (AvgIpc) is 3.06. The highest BCUT2D eigenvalue weighted by Gasteiger charge is 2.48. The molecule has 1 saturated heterocycles. The Labute approximate surface area is 278 Å². The Morgan fingerprint density at radius 1 is 0.809 bits per heavy atom. The Morgan fingerprint density at radius 2 is 1.40 bits per heavy atom. The highest BCUT2D eigenvalue weighted by Crippen LogP contribution is 2.46. The summed E-state index contributed by atoms with van der Waals surface area (Å²) >= 11 is 0. The number of hydrogen-bond acceptors (Lipinski definition) is 6. The Hall–Kier alpha value is -3.15. The molecule has 10 heteroatoms. The third-order valence-corrected chi connectivity index (χ3v) is 9.83. The van der Waals surface area contributed by atoms with Crippen molar-refractivity contribution in [2.45, 2.75) is 76.4 Å². The fraction of sp³-hybridized carbons (Fsp3) is 0.486. The van der Waals surface area contributed by atoms with Crippen LogP contribution in [0.1, 0.15) is 85.8 Å². The van der Waals surface area contributed by atoms with Crippen LogP contribution in [-0.4, -0.2) is 55.7 Å². The van der Waals surface area contributed by atoms with Crippen LogP contribution in [0.4, 0.5) is 10.1 Å². The van der Waals surface area contributed by atoms with Gasteiger partial charge in [0, 0.05) is 31.4 Å². The van der Waals surface area contributed by atoms with Crippen LogP contribution < -0.4 is 9.62 Å². The first kappa shape index (κ1) is 36.7. The van der Waals surface area contributed by atoms with Gasteiger partial charge in [0.25, 0.3) is 0 Å². The Kier molecular flexibility index (Phi) is 13.9. The monoisotopic (exact) mass is 668 g/mol. The Morgan fingerprint density at radius 3 is 2.02 bits per heavy atom. The number of sulfonamides is 1. The third kappa shape index (κ3) is 10.9. The fourth-order valence-corrected chi connectivity index (χ4v) is 6.81. The molecule has 0 spiro atoms. The third-order valence-electron chi connectivity index (χ3n) is 9.11. The smallest absolute Gasteiger partial charge is 0.233 e. The van der Waals surface area contributed by atoms with Gasteiger partial charge in [-0.1, -0.05) is 61.4 Å². The van der Waals surface area contributed by atoms with E-state index in [-0.39, 0.29) is 42.8 Å². The molecular weight excluding hydrogens is 619 g/mol.